The number of aryl methyl sites for hydroxylation is 1. The molecule has 1 aromatic carbocycles. The molecule has 1 amide bonds. The molecule has 0 radical (unpaired) electrons. The number of nitrogens with zero attached hydrogens (tertiary/aromatic N) is 4. The van der Waals surface area contributed by atoms with Gasteiger partial charge in [0.25, 0.3) is 0 Å². The molecule has 0 N–H and O–H groups in total. The van der Waals surface area contributed by atoms with Crippen LogP contribution in [0.4, 0.5) is 0 Å². The number of sulfonamides is 1. The fourth-order valence-electron chi connectivity index (χ4n) is 2.46. The van der Waals surface area contributed by atoms with E-state index in [2.05, 4.69) is 5.10 Å². The molecule has 0 atom stereocenters. The Labute approximate surface area is 159 Å². The summed E-state index contributed by atoms with van der Waals surface area (Å²) in [6.45, 7) is 3.91. The molecule has 0 aliphatic rings. The molecule has 7 nitrogen and oxygen atoms in total. The molecule has 0 aliphatic carbocycles. The molecule has 0 fully saturated rings. The number of carbonyl (C=O) groups is 1. The topological polar surface area (TPSA) is 75.5 Å². The highest BCUT2D eigenvalue weighted by Gasteiger charge is 2.26. The summed E-state index contributed by atoms with van der Waals surface area (Å²) in [5, 5.41) is 4.55. The summed E-state index contributed by atoms with van der Waals surface area (Å²) in [6.07, 6.45) is 3.52. The molecule has 2 aromatic rings. The van der Waals surface area contributed by atoms with Crippen molar-refractivity contribution in [2.45, 2.75) is 31.3 Å². The number of hydrogen-bond donors (Lipinski definition) is 0. The molecular weight excluding hydrogens is 376 g/mol. The van der Waals surface area contributed by atoms with E-state index in [1.165, 1.54) is 31.3 Å². The molecular formula is C17H23ClN4O3S. The maximum absolute atomic E-state index is 12.7. The van der Waals surface area contributed by atoms with Crippen LogP contribution in [-0.2, 0) is 28.4 Å². The fourth-order valence-corrected chi connectivity index (χ4v) is 3.71. The van der Waals surface area contributed by atoms with Crippen molar-refractivity contribution in [3.63, 3.8) is 0 Å². The van der Waals surface area contributed by atoms with Crippen LogP contribution in [0.5, 0.6) is 0 Å². The van der Waals surface area contributed by atoms with Crippen LogP contribution in [-0.4, -0.2) is 52.9 Å². The summed E-state index contributed by atoms with van der Waals surface area (Å²) in [6, 6.07) is 5.79. The average Bonchev–Trinajstić information content (AvgIpc) is 2.97. The van der Waals surface area contributed by atoms with Gasteiger partial charge in [0.1, 0.15) is 0 Å². The van der Waals surface area contributed by atoms with Crippen molar-refractivity contribution in [2.24, 2.45) is 7.05 Å². The molecule has 9 heteroatoms. The van der Waals surface area contributed by atoms with E-state index in [4.69, 9.17) is 11.6 Å². The smallest absolute Gasteiger partial charge is 0.243 e. The van der Waals surface area contributed by atoms with E-state index in [1.807, 2.05) is 20.0 Å². The van der Waals surface area contributed by atoms with Gasteiger partial charge in [0, 0.05) is 43.5 Å². The van der Waals surface area contributed by atoms with Crippen LogP contribution in [0, 0.1) is 0 Å². The maximum Gasteiger partial charge on any atom is 0.243 e. The van der Waals surface area contributed by atoms with Gasteiger partial charge in [0.2, 0.25) is 15.9 Å². The van der Waals surface area contributed by atoms with E-state index < -0.39 is 10.0 Å². The Balaban J connectivity index is 2.13. The standard InChI is InChI=1S/C17H23ClN4O3S/c1-13(2)22(11-14-9-19-20(3)10-14)17(23)12-21(4)26(24,25)16-7-5-15(18)6-8-16/h5-10,13H,11-12H2,1-4H3. The van der Waals surface area contributed by atoms with Crippen LogP contribution < -0.4 is 0 Å². The predicted molar refractivity (Wildman–Crippen MR) is 100 cm³/mol. The third kappa shape index (κ3) is 4.84. The molecule has 2 rings (SSSR count). The van der Waals surface area contributed by atoms with Crippen LogP contribution in [0.1, 0.15) is 19.4 Å². The molecule has 1 aromatic heterocycles. The lowest BCUT2D eigenvalue weighted by atomic mass is 10.2. The first-order valence-electron chi connectivity index (χ1n) is 8.10. The van der Waals surface area contributed by atoms with Gasteiger partial charge in [-0.2, -0.15) is 9.40 Å². The Hall–Kier alpha value is -1.90. The van der Waals surface area contributed by atoms with E-state index in [0.29, 0.717) is 11.6 Å². The molecule has 26 heavy (non-hydrogen) atoms. The fraction of sp³-hybridized carbons (Fsp3) is 0.412. The van der Waals surface area contributed by atoms with Crippen LogP contribution in [0.3, 0.4) is 0 Å². The monoisotopic (exact) mass is 398 g/mol. The summed E-state index contributed by atoms with van der Waals surface area (Å²) < 4.78 is 28.0. The SMILES string of the molecule is CC(C)N(Cc1cnn(C)c1)C(=O)CN(C)S(=O)(=O)c1ccc(Cl)cc1. The minimum atomic E-state index is -3.77. The summed E-state index contributed by atoms with van der Waals surface area (Å²) in [4.78, 5) is 14.4. The molecule has 0 bridgehead atoms. The van der Waals surface area contributed by atoms with Crippen molar-refractivity contribution in [2.75, 3.05) is 13.6 Å². The van der Waals surface area contributed by atoms with Crippen LogP contribution in [0.15, 0.2) is 41.6 Å². The maximum atomic E-state index is 12.7. The minimum absolute atomic E-state index is 0.0747. The highest BCUT2D eigenvalue weighted by Crippen LogP contribution is 2.18. The van der Waals surface area contributed by atoms with Gasteiger partial charge >= 0.3 is 0 Å². The first-order valence-corrected chi connectivity index (χ1v) is 9.92. The quantitative estimate of drug-likeness (QED) is 0.716. The molecule has 1 heterocycles. The zero-order valence-corrected chi connectivity index (χ0v) is 16.8. The van der Waals surface area contributed by atoms with Crippen molar-refractivity contribution in [3.8, 4) is 0 Å². The van der Waals surface area contributed by atoms with Gasteiger partial charge < -0.3 is 4.90 Å². The van der Waals surface area contributed by atoms with Gasteiger partial charge in [-0.25, -0.2) is 8.42 Å². The number of carbonyl (C=O) groups excluding carboxylic acids is 1. The van der Waals surface area contributed by atoms with Crippen molar-refractivity contribution in [1.29, 1.82) is 0 Å². The van der Waals surface area contributed by atoms with E-state index >= 15 is 0 Å². The van der Waals surface area contributed by atoms with Crippen LogP contribution >= 0.6 is 11.6 Å². The average molecular weight is 399 g/mol. The van der Waals surface area contributed by atoms with Gasteiger partial charge in [-0.15, -0.1) is 0 Å². The highest BCUT2D eigenvalue weighted by atomic mass is 35.5. The summed E-state index contributed by atoms with van der Waals surface area (Å²) in [5.41, 5.74) is 0.887. The molecule has 142 valence electrons. The van der Waals surface area contributed by atoms with Crippen molar-refractivity contribution >= 4 is 27.5 Å². The van der Waals surface area contributed by atoms with E-state index in [1.54, 1.807) is 22.8 Å². The first-order chi connectivity index (χ1) is 12.1. The van der Waals surface area contributed by atoms with E-state index in [0.717, 1.165) is 9.87 Å². The Morgan fingerprint density at radius 2 is 1.88 bits per heavy atom. The van der Waals surface area contributed by atoms with Gasteiger partial charge in [-0.1, -0.05) is 11.6 Å². The number of rotatable bonds is 7. The molecule has 0 aliphatic heterocycles. The van der Waals surface area contributed by atoms with E-state index in [9.17, 15) is 13.2 Å². The normalized spacial score (nSPS) is 12.0. The number of hydrogen-bond acceptors (Lipinski definition) is 4. The second-order valence-electron chi connectivity index (χ2n) is 6.35. The molecule has 0 saturated heterocycles. The van der Waals surface area contributed by atoms with Crippen LogP contribution in [0.2, 0.25) is 5.02 Å². The Bertz CT molecular complexity index is 862. The predicted octanol–water partition coefficient (Wildman–Crippen LogP) is 2.13. The zero-order valence-electron chi connectivity index (χ0n) is 15.3. The van der Waals surface area contributed by atoms with E-state index in [-0.39, 0.29) is 23.4 Å². The Kier molecular flexibility index (Phi) is 6.44. The molecule has 0 unspecified atom stereocenters. The van der Waals surface area contributed by atoms with Gasteiger partial charge in [-0.3, -0.25) is 9.48 Å². The summed E-state index contributed by atoms with van der Waals surface area (Å²) >= 11 is 5.80. The highest BCUT2D eigenvalue weighted by molar-refractivity contribution is 7.89. The van der Waals surface area contributed by atoms with Crippen molar-refractivity contribution in [3.05, 3.63) is 47.2 Å². The van der Waals surface area contributed by atoms with Gasteiger partial charge in [0.05, 0.1) is 17.6 Å². The van der Waals surface area contributed by atoms with Crippen molar-refractivity contribution < 1.29 is 13.2 Å². The molecule has 0 spiro atoms. The minimum Gasteiger partial charge on any atom is -0.335 e. The summed E-state index contributed by atoms with van der Waals surface area (Å²) in [7, 11) is -0.572. The summed E-state index contributed by atoms with van der Waals surface area (Å²) in [5.74, 6) is -0.274. The number of halogens is 1. The van der Waals surface area contributed by atoms with Gasteiger partial charge in [-0.05, 0) is 38.1 Å². The second-order valence-corrected chi connectivity index (χ2v) is 8.83. The zero-order chi connectivity index (χ0) is 19.5. The lowest BCUT2D eigenvalue weighted by Gasteiger charge is -2.28. The Morgan fingerprint density at radius 1 is 1.27 bits per heavy atom. The van der Waals surface area contributed by atoms with Gasteiger partial charge in [0.15, 0.2) is 0 Å². The third-order valence-electron chi connectivity index (χ3n) is 3.93. The molecule has 0 saturated carbocycles. The lowest BCUT2D eigenvalue weighted by Crippen LogP contribution is -2.43. The van der Waals surface area contributed by atoms with Crippen LogP contribution in [0.25, 0.3) is 0 Å². The Morgan fingerprint density at radius 3 is 2.38 bits per heavy atom. The van der Waals surface area contributed by atoms with Crippen molar-refractivity contribution in [1.82, 2.24) is 19.0 Å². The number of likely N-dealkylation sites (N-methyl/N-ethyl adjacent to an activating group) is 1. The number of benzene rings is 1. The number of aromatic nitrogens is 2. The second kappa shape index (κ2) is 8.20. The third-order valence-corrected chi connectivity index (χ3v) is 6.00. The lowest BCUT2D eigenvalue weighted by molar-refractivity contribution is -0.133. The largest absolute Gasteiger partial charge is 0.335 e. The number of amides is 1. The first kappa shape index (κ1) is 20.4.